The Bertz CT molecular complexity index is 1450. The highest BCUT2D eigenvalue weighted by Gasteiger charge is 2.31. The highest BCUT2D eigenvalue weighted by atomic mass is 32.2. The van der Waals surface area contributed by atoms with Crippen molar-refractivity contribution in [2.24, 2.45) is 0 Å². The van der Waals surface area contributed by atoms with Crippen LogP contribution in [-0.4, -0.2) is 26.1 Å². The van der Waals surface area contributed by atoms with Crippen molar-refractivity contribution in [2.75, 3.05) is 5.75 Å². The Morgan fingerprint density at radius 2 is 1.76 bits per heavy atom. The Morgan fingerprint density at radius 1 is 1.00 bits per heavy atom. The lowest BCUT2D eigenvalue weighted by atomic mass is 10.1. The van der Waals surface area contributed by atoms with Crippen LogP contribution in [0.3, 0.4) is 0 Å². The molecule has 0 amide bonds. The topological polar surface area (TPSA) is 50.7 Å². The largest absolute Gasteiger partial charge is 0.416 e. The SMILES string of the molecule is O=C(CSc1nc2cc(C(F)(F)F)ccc2n1Cc1ccccc1)c1c[nH]c2ccccc12. The number of carbonyl (C=O) groups excluding carboxylic acids is 1. The van der Waals surface area contributed by atoms with Gasteiger partial charge in [-0.05, 0) is 29.8 Å². The Kier molecular flexibility index (Phi) is 5.46. The van der Waals surface area contributed by atoms with Gasteiger partial charge in [-0.2, -0.15) is 13.2 Å². The summed E-state index contributed by atoms with van der Waals surface area (Å²) in [6, 6.07) is 20.7. The van der Waals surface area contributed by atoms with Gasteiger partial charge in [-0.15, -0.1) is 0 Å². The molecule has 0 saturated carbocycles. The summed E-state index contributed by atoms with van der Waals surface area (Å²) in [5.74, 6) is 0.0401. The van der Waals surface area contributed by atoms with Crippen molar-refractivity contribution in [1.82, 2.24) is 14.5 Å². The second-order valence-corrected chi connectivity index (χ2v) is 8.57. The van der Waals surface area contributed by atoms with E-state index in [9.17, 15) is 18.0 Å². The first-order valence-electron chi connectivity index (χ1n) is 10.2. The summed E-state index contributed by atoms with van der Waals surface area (Å²) in [6.45, 7) is 0.437. The number of benzene rings is 3. The van der Waals surface area contributed by atoms with Gasteiger partial charge in [0.05, 0.1) is 28.9 Å². The first-order valence-corrected chi connectivity index (χ1v) is 11.2. The van der Waals surface area contributed by atoms with Crippen LogP contribution in [0, 0.1) is 0 Å². The summed E-state index contributed by atoms with van der Waals surface area (Å²) in [7, 11) is 0. The number of hydrogen-bond acceptors (Lipinski definition) is 3. The van der Waals surface area contributed by atoms with Crippen LogP contribution in [-0.2, 0) is 12.7 Å². The lowest BCUT2D eigenvalue weighted by molar-refractivity contribution is -0.137. The van der Waals surface area contributed by atoms with Gasteiger partial charge in [-0.25, -0.2) is 4.98 Å². The number of thioether (sulfide) groups is 1. The molecule has 166 valence electrons. The molecule has 0 radical (unpaired) electrons. The molecule has 2 aromatic heterocycles. The summed E-state index contributed by atoms with van der Waals surface area (Å²) in [4.78, 5) is 20.5. The molecule has 0 spiro atoms. The van der Waals surface area contributed by atoms with E-state index in [-0.39, 0.29) is 17.1 Å². The van der Waals surface area contributed by atoms with Gasteiger partial charge in [0.1, 0.15) is 0 Å². The quantitative estimate of drug-likeness (QED) is 0.228. The molecule has 5 aromatic rings. The van der Waals surface area contributed by atoms with Gasteiger partial charge in [0.25, 0.3) is 0 Å². The van der Waals surface area contributed by atoms with Crippen LogP contribution >= 0.6 is 11.8 Å². The summed E-state index contributed by atoms with van der Waals surface area (Å²) < 4.78 is 41.5. The number of fused-ring (bicyclic) bond motifs is 2. The van der Waals surface area contributed by atoms with Gasteiger partial charge in [0, 0.05) is 22.7 Å². The molecule has 33 heavy (non-hydrogen) atoms. The molecule has 3 aromatic carbocycles. The van der Waals surface area contributed by atoms with E-state index in [1.165, 1.54) is 17.8 Å². The Morgan fingerprint density at radius 3 is 2.55 bits per heavy atom. The number of halogens is 3. The van der Waals surface area contributed by atoms with Crippen LogP contribution in [0.1, 0.15) is 21.5 Å². The van der Waals surface area contributed by atoms with E-state index < -0.39 is 11.7 Å². The molecule has 0 aliphatic carbocycles. The van der Waals surface area contributed by atoms with Crippen LogP contribution in [0.4, 0.5) is 13.2 Å². The second-order valence-electron chi connectivity index (χ2n) is 7.63. The Labute approximate surface area is 191 Å². The number of H-pyrrole nitrogens is 1. The molecule has 2 heterocycles. The van der Waals surface area contributed by atoms with Crippen LogP contribution in [0.2, 0.25) is 0 Å². The molecule has 8 heteroatoms. The molecule has 0 unspecified atom stereocenters. The molecule has 0 aliphatic heterocycles. The zero-order chi connectivity index (χ0) is 23.0. The van der Waals surface area contributed by atoms with Crippen molar-refractivity contribution in [3.63, 3.8) is 0 Å². The predicted octanol–water partition coefficient (Wildman–Crippen LogP) is 6.56. The summed E-state index contributed by atoms with van der Waals surface area (Å²) in [6.07, 6.45) is -2.76. The van der Waals surface area contributed by atoms with Gasteiger partial charge >= 0.3 is 6.18 Å². The molecule has 0 atom stereocenters. The normalized spacial score (nSPS) is 12.0. The number of imidazole rings is 1. The third-order valence-electron chi connectivity index (χ3n) is 5.45. The number of nitrogens with zero attached hydrogens (tertiary/aromatic N) is 2. The first kappa shape index (κ1) is 21.3. The van der Waals surface area contributed by atoms with Gasteiger partial charge in [0.2, 0.25) is 0 Å². The third-order valence-corrected chi connectivity index (χ3v) is 6.42. The molecule has 1 N–H and O–H groups in total. The zero-order valence-corrected chi connectivity index (χ0v) is 18.1. The van der Waals surface area contributed by atoms with E-state index in [4.69, 9.17) is 0 Å². The van der Waals surface area contributed by atoms with Crippen molar-refractivity contribution < 1.29 is 18.0 Å². The molecule has 5 rings (SSSR count). The van der Waals surface area contributed by atoms with Gasteiger partial charge in [-0.1, -0.05) is 60.3 Å². The number of para-hydroxylation sites is 1. The number of ketones is 1. The average Bonchev–Trinajstić information content (AvgIpc) is 3.39. The number of rotatable bonds is 6. The fourth-order valence-electron chi connectivity index (χ4n) is 3.82. The lowest BCUT2D eigenvalue weighted by Gasteiger charge is -2.10. The molecular weight excluding hydrogens is 447 g/mol. The number of Topliss-reactive ketones (excluding diaryl/α,β-unsaturated/α-hetero) is 1. The van der Waals surface area contributed by atoms with Crippen molar-refractivity contribution in [3.05, 3.63) is 95.7 Å². The maximum Gasteiger partial charge on any atom is 0.416 e. The van der Waals surface area contributed by atoms with Crippen LogP contribution < -0.4 is 0 Å². The van der Waals surface area contributed by atoms with Crippen LogP contribution in [0.25, 0.3) is 21.9 Å². The Hall–Kier alpha value is -3.52. The van der Waals surface area contributed by atoms with Gasteiger partial charge in [-0.3, -0.25) is 4.79 Å². The number of hydrogen-bond donors (Lipinski definition) is 1. The number of carbonyl (C=O) groups is 1. The minimum Gasteiger partial charge on any atom is -0.360 e. The van der Waals surface area contributed by atoms with Crippen molar-refractivity contribution in [2.45, 2.75) is 17.9 Å². The van der Waals surface area contributed by atoms with E-state index in [1.54, 1.807) is 6.20 Å². The smallest absolute Gasteiger partial charge is 0.360 e. The average molecular weight is 466 g/mol. The lowest BCUT2D eigenvalue weighted by Crippen LogP contribution is -2.06. The van der Waals surface area contributed by atoms with Crippen molar-refractivity contribution in [1.29, 1.82) is 0 Å². The molecule has 0 aliphatic rings. The number of aromatic amines is 1. The predicted molar refractivity (Wildman–Crippen MR) is 124 cm³/mol. The Balaban J connectivity index is 1.48. The molecule has 0 bridgehead atoms. The highest BCUT2D eigenvalue weighted by molar-refractivity contribution is 7.99. The summed E-state index contributed by atoms with van der Waals surface area (Å²) in [5.41, 5.74) is 2.55. The molecule has 0 saturated heterocycles. The molecular formula is C25H18F3N3OS. The van der Waals surface area contributed by atoms with Crippen LogP contribution in [0.5, 0.6) is 0 Å². The maximum absolute atomic E-state index is 13.2. The van der Waals surface area contributed by atoms with E-state index in [1.807, 2.05) is 59.2 Å². The molecule has 0 fully saturated rings. The van der Waals surface area contributed by atoms with E-state index >= 15 is 0 Å². The first-order chi connectivity index (χ1) is 15.9. The maximum atomic E-state index is 13.2. The minimum absolute atomic E-state index is 0.0771. The standard InChI is InChI=1S/C25H18F3N3OS/c26-25(27,28)17-10-11-22-21(12-17)30-24(31(22)14-16-6-2-1-3-7-16)33-15-23(32)19-13-29-20-9-5-4-8-18(19)20/h1-13,29H,14-15H2. The van der Waals surface area contributed by atoms with Crippen molar-refractivity contribution in [3.8, 4) is 0 Å². The summed E-state index contributed by atoms with van der Waals surface area (Å²) in [5, 5.41) is 1.34. The van der Waals surface area contributed by atoms with E-state index in [2.05, 4.69) is 9.97 Å². The highest BCUT2D eigenvalue weighted by Crippen LogP contribution is 2.33. The zero-order valence-electron chi connectivity index (χ0n) is 17.3. The van der Waals surface area contributed by atoms with Gasteiger partial charge in [0.15, 0.2) is 10.9 Å². The fraction of sp³-hybridized carbons (Fsp3) is 0.120. The van der Waals surface area contributed by atoms with Gasteiger partial charge < -0.3 is 9.55 Å². The third kappa shape index (κ3) is 4.26. The van der Waals surface area contributed by atoms with Crippen molar-refractivity contribution >= 4 is 39.5 Å². The number of alkyl halides is 3. The van der Waals surface area contributed by atoms with E-state index in [0.29, 0.717) is 22.8 Å². The summed E-state index contributed by atoms with van der Waals surface area (Å²) >= 11 is 1.23. The molecule has 4 nitrogen and oxygen atoms in total. The number of nitrogens with one attached hydrogen (secondary N) is 1. The minimum atomic E-state index is -4.45. The number of aromatic nitrogens is 3. The van der Waals surface area contributed by atoms with Crippen LogP contribution in [0.15, 0.2) is 84.1 Å². The van der Waals surface area contributed by atoms with E-state index in [0.717, 1.165) is 28.6 Å². The second kappa shape index (κ2) is 8.44. The fourth-order valence-corrected chi connectivity index (χ4v) is 4.72. The monoisotopic (exact) mass is 465 g/mol.